The number of amides is 2. The highest BCUT2D eigenvalue weighted by atomic mass is 32.2. The molecule has 2 unspecified atom stereocenters. The normalized spacial score (nSPS) is 21.7. The van der Waals surface area contributed by atoms with Gasteiger partial charge in [-0.2, -0.15) is 0 Å². The largest absolute Gasteiger partial charge is 0.378 e. The Bertz CT molecular complexity index is 476. The fourth-order valence-corrected chi connectivity index (χ4v) is 1.99. The van der Waals surface area contributed by atoms with Crippen molar-refractivity contribution in [3.63, 3.8) is 0 Å². The number of carbonyl (C=O) groups excluding carboxylic acids is 2. The van der Waals surface area contributed by atoms with Crippen molar-refractivity contribution in [1.29, 1.82) is 5.41 Å². The number of nitrogens with one attached hydrogen (secondary N) is 3. The van der Waals surface area contributed by atoms with Crippen LogP contribution in [-0.2, 0) is 9.59 Å². The van der Waals surface area contributed by atoms with Gasteiger partial charge in [0.25, 0.3) is 5.91 Å². The van der Waals surface area contributed by atoms with Crippen LogP contribution in [0.15, 0.2) is 17.3 Å². The van der Waals surface area contributed by atoms with Crippen molar-refractivity contribution < 1.29 is 9.59 Å². The molecule has 20 heavy (non-hydrogen) atoms. The Hall–Kier alpha value is -1.87. The molecule has 0 aromatic rings. The second kappa shape index (κ2) is 7.06. The quantitative estimate of drug-likeness (QED) is 0.231. The zero-order valence-electron chi connectivity index (χ0n) is 11.1. The minimum atomic E-state index is -0.730. The molecule has 1 rings (SSSR count). The summed E-state index contributed by atoms with van der Waals surface area (Å²) in [4.78, 5) is 26.9. The van der Waals surface area contributed by atoms with Crippen LogP contribution in [0.5, 0.6) is 0 Å². The van der Waals surface area contributed by atoms with Crippen molar-refractivity contribution >= 4 is 34.5 Å². The average molecular weight is 298 g/mol. The van der Waals surface area contributed by atoms with E-state index >= 15 is 0 Å². The molecule has 0 spiro atoms. The second-order valence-electron chi connectivity index (χ2n) is 4.01. The van der Waals surface area contributed by atoms with Crippen LogP contribution in [0.25, 0.3) is 0 Å². The fraction of sp³-hybridized carbons (Fsp3) is 0.455. The molecule has 0 aromatic heterocycles. The van der Waals surface area contributed by atoms with Gasteiger partial charge in [0.05, 0.1) is 11.7 Å². The SMILES string of the molecule is C=C(/N=C(/N)SCC)C(=N)C(=O)NC1C(=O)NC1CN. The molecule has 1 fully saturated rings. The first-order chi connectivity index (χ1) is 9.40. The monoisotopic (exact) mass is 298 g/mol. The van der Waals surface area contributed by atoms with Gasteiger partial charge in [-0.15, -0.1) is 0 Å². The summed E-state index contributed by atoms with van der Waals surface area (Å²) in [7, 11) is 0. The number of nitrogens with two attached hydrogens (primary N) is 2. The van der Waals surface area contributed by atoms with E-state index in [9.17, 15) is 9.59 Å². The zero-order chi connectivity index (χ0) is 15.3. The maximum atomic E-state index is 11.8. The van der Waals surface area contributed by atoms with Gasteiger partial charge in [-0.25, -0.2) is 4.99 Å². The van der Waals surface area contributed by atoms with E-state index in [4.69, 9.17) is 16.9 Å². The molecule has 0 aliphatic carbocycles. The number of rotatable bonds is 6. The van der Waals surface area contributed by atoms with Crippen LogP contribution in [0.2, 0.25) is 0 Å². The summed E-state index contributed by atoms with van der Waals surface area (Å²) >= 11 is 1.28. The minimum absolute atomic E-state index is 0.0509. The highest BCUT2D eigenvalue weighted by molar-refractivity contribution is 8.13. The lowest BCUT2D eigenvalue weighted by Crippen LogP contribution is -2.71. The molecule has 0 aromatic carbocycles. The summed E-state index contributed by atoms with van der Waals surface area (Å²) in [5, 5.41) is 12.9. The van der Waals surface area contributed by atoms with Gasteiger partial charge in [-0.3, -0.25) is 15.0 Å². The Balaban J connectivity index is 2.59. The first kappa shape index (κ1) is 16.2. The summed E-state index contributed by atoms with van der Waals surface area (Å²) in [5.41, 5.74) is 10.5. The number of hydrogen-bond acceptors (Lipinski definition) is 6. The Kier molecular flexibility index (Phi) is 5.71. The molecule has 7 N–H and O–H groups in total. The van der Waals surface area contributed by atoms with Crippen LogP contribution in [0.4, 0.5) is 0 Å². The van der Waals surface area contributed by atoms with E-state index in [0.29, 0.717) is 0 Å². The molecular weight excluding hydrogens is 280 g/mol. The predicted molar refractivity (Wildman–Crippen MR) is 79.5 cm³/mol. The molecule has 0 saturated carbocycles. The highest BCUT2D eigenvalue weighted by Crippen LogP contribution is 2.07. The van der Waals surface area contributed by atoms with E-state index in [1.165, 1.54) is 11.8 Å². The summed E-state index contributed by atoms with van der Waals surface area (Å²) in [5.74, 6) is -0.328. The number of carbonyl (C=O) groups is 2. The number of hydrogen-bond donors (Lipinski definition) is 5. The maximum absolute atomic E-state index is 11.8. The third kappa shape index (κ3) is 3.81. The van der Waals surface area contributed by atoms with Gasteiger partial charge in [0.1, 0.15) is 11.8 Å². The van der Waals surface area contributed by atoms with Crippen molar-refractivity contribution in [2.45, 2.75) is 19.0 Å². The maximum Gasteiger partial charge on any atom is 0.272 e. The highest BCUT2D eigenvalue weighted by Gasteiger charge is 2.39. The first-order valence-corrected chi connectivity index (χ1v) is 6.95. The average Bonchev–Trinajstić information content (AvgIpc) is 2.40. The van der Waals surface area contributed by atoms with Crippen LogP contribution in [-0.4, -0.2) is 47.1 Å². The van der Waals surface area contributed by atoms with Crippen molar-refractivity contribution in [1.82, 2.24) is 10.6 Å². The summed E-state index contributed by atoms with van der Waals surface area (Å²) in [6.07, 6.45) is 0. The van der Waals surface area contributed by atoms with E-state index in [2.05, 4.69) is 22.2 Å². The van der Waals surface area contributed by atoms with Gasteiger partial charge in [0, 0.05) is 6.54 Å². The molecule has 9 heteroatoms. The van der Waals surface area contributed by atoms with Crippen molar-refractivity contribution in [2.24, 2.45) is 16.5 Å². The number of aliphatic imine (C=N–C) groups is 1. The Labute approximate surface area is 120 Å². The van der Waals surface area contributed by atoms with Crippen LogP contribution >= 0.6 is 11.8 Å². The van der Waals surface area contributed by atoms with Crippen molar-refractivity contribution in [3.8, 4) is 0 Å². The molecule has 1 aliphatic heterocycles. The zero-order valence-corrected chi connectivity index (χ0v) is 11.9. The molecule has 2 amide bonds. The molecular formula is C11H18N6O2S. The summed E-state index contributed by atoms with van der Waals surface area (Å²) in [6, 6.07) is -1.02. The molecule has 1 saturated heterocycles. The molecule has 8 nitrogen and oxygen atoms in total. The molecule has 0 bridgehead atoms. The van der Waals surface area contributed by atoms with Crippen molar-refractivity contribution in [3.05, 3.63) is 12.3 Å². The lowest BCUT2D eigenvalue weighted by molar-refractivity contribution is -0.134. The minimum Gasteiger partial charge on any atom is -0.378 e. The van der Waals surface area contributed by atoms with E-state index in [1.54, 1.807) is 0 Å². The lowest BCUT2D eigenvalue weighted by Gasteiger charge is -2.36. The van der Waals surface area contributed by atoms with Gasteiger partial charge in [-0.05, 0) is 5.75 Å². The van der Waals surface area contributed by atoms with Gasteiger partial charge < -0.3 is 22.1 Å². The van der Waals surface area contributed by atoms with Gasteiger partial charge in [0.2, 0.25) is 5.91 Å². The number of β-lactam (4-membered cyclic amide) rings is 1. The van der Waals surface area contributed by atoms with E-state index in [-0.39, 0.29) is 29.4 Å². The molecule has 0 radical (unpaired) electrons. The second-order valence-corrected chi connectivity index (χ2v) is 5.29. The molecule has 1 aliphatic rings. The van der Waals surface area contributed by atoms with Gasteiger partial charge >= 0.3 is 0 Å². The van der Waals surface area contributed by atoms with Crippen LogP contribution < -0.4 is 22.1 Å². The molecule has 110 valence electrons. The lowest BCUT2D eigenvalue weighted by atomic mass is 9.99. The third-order valence-corrected chi connectivity index (χ3v) is 3.28. The van der Waals surface area contributed by atoms with Crippen LogP contribution in [0, 0.1) is 5.41 Å². The molecule has 2 atom stereocenters. The number of amidine groups is 1. The number of nitrogens with zero attached hydrogens (tertiary/aromatic N) is 1. The summed E-state index contributed by atoms with van der Waals surface area (Å²) in [6.45, 7) is 5.63. The first-order valence-electron chi connectivity index (χ1n) is 5.96. The van der Waals surface area contributed by atoms with E-state index in [1.807, 2.05) is 6.92 Å². The molecule has 1 heterocycles. The van der Waals surface area contributed by atoms with Crippen molar-refractivity contribution in [2.75, 3.05) is 12.3 Å². The van der Waals surface area contributed by atoms with E-state index in [0.717, 1.165) is 5.75 Å². The van der Waals surface area contributed by atoms with E-state index < -0.39 is 17.7 Å². The fourth-order valence-electron chi connectivity index (χ4n) is 1.52. The van der Waals surface area contributed by atoms with Crippen LogP contribution in [0.1, 0.15) is 6.92 Å². The standard InChI is InChI=1S/C11H18N6O2S/c1-3-20-11(14)15-5(2)7(13)9(18)17-8-6(4-12)16-10(8)19/h6,8,13H,2-4,12H2,1H3,(H2,14,15)(H,16,19)(H,17,18). The Morgan fingerprint density at radius 3 is 2.80 bits per heavy atom. The predicted octanol–water partition coefficient (Wildman–Crippen LogP) is -1.47. The topological polar surface area (TPSA) is 146 Å². The smallest absolute Gasteiger partial charge is 0.272 e. The Morgan fingerprint density at radius 1 is 1.65 bits per heavy atom. The third-order valence-electron chi connectivity index (χ3n) is 2.61. The summed E-state index contributed by atoms with van der Waals surface area (Å²) < 4.78 is 0. The number of thioether (sulfide) groups is 1. The Morgan fingerprint density at radius 2 is 2.30 bits per heavy atom. The van der Waals surface area contributed by atoms with Gasteiger partial charge in [0.15, 0.2) is 5.17 Å². The van der Waals surface area contributed by atoms with Crippen LogP contribution in [0.3, 0.4) is 0 Å². The van der Waals surface area contributed by atoms with Gasteiger partial charge in [-0.1, -0.05) is 25.3 Å².